The molecule has 1 aromatic carbocycles. The van der Waals surface area contributed by atoms with E-state index in [1.54, 1.807) is 0 Å². The van der Waals surface area contributed by atoms with Gasteiger partial charge in [-0.3, -0.25) is 9.59 Å². The normalized spacial score (nSPS) is 21.3. The van der Waals surface area contributed by atoms with Crippen molar-refractivity contribution in [1.82, 2.24) is 9.88 Å². The van der Waals surface area contributed by atoms with Crippen molar-refractivity contribution in [2.24, 2.45) is 5.92 Å². The van der Waals surface area contributed by atoms with Gasteiger partial charge in [0.1, 0.15) is 6.54 Å². The standard InChI is InChI=1S/C19H24N2O2/c1-13-7-3-5-9-17(13)20-19(23)11-21-14(2)16(12-22)15-8-4-6-10-18(15)21/h4,6,8,10,12-13,17H,3,5,7,9,11H2,1-2H3,(H,20,23)/t13-,17-/m1/s1. The first-order valence-corrected chi connectivity index (χ1v) is 8.44. The quantitative estimate of drug-likeness (QED) is 0.879. The van der Waals surface area contributed by atoms with E-state index in [2.05, 4.69) is 12.2 Å². The maximum absolute atomic E-state index is 12.5. The van der Waals surface area contributed by atoms with Crippen LogP contribution < -0.4 is 5.32 Å². The lowest BCUT2D eigenvalue weighted by Crippen LogP contribution is -2.42. The highest BCUT2D eigenvalue weighted by Gasteiger charge is 2.23. The number of para-hydroxylation sites is 1. The number of rotatable bonds is 4. The molecule has 1 aliphatic carbocycles. The van der Waals surface area contributed by atoms with Gasteiger partial charge in [0, 0.05) is 28.2 Å². The number of aromatic nitrogens is 1. The molecule has 0 unspecified atom stereocenters. The summed E-state index contributed by atoms with van der Waals surface area (Å²) in [6.07, 6.45) is 5.59. The fourth-order valence-electron chi connectivity index (χ4n) is 3.74. The summed E-state index contributed by atoms with van der Waals surface area (Å²) in [5.41, 5.74) is 2.48. The summed E-state index contributed by atoms with van der Waals surface area (Å²) in [6, 6.07) is 8.04. The van der Waals surface area contributed by atoms with Crippen molar-refractivity contribution < 1.29 is 9.59 Å². The molecule has 4 heteroatoms. The van der Waals surface area contributed by atoms with Gasteiger partial charge in [-0.25, -0.2) is 0 Å². The van der Waals surface area contributed by atoms with Gasteiger partial charge in [-0.15, -0.1) is 0 Å². The Balaban J connectivity index is 1.82. The van der Waals surface area contributed by atoms with Crippen molar-refractivity contribution in [2.75, 3.05) is 0 Å². The highest BCUT2D eigenvalue weighted by atomic mass is 16.2. The van der Waals surface area contributed by atoms with Crippen LogP contribution in [-0.2, 0) is 11.3 Å². The van der Waals surface area contributed by atoms with E-state index in [0.717, 1.165) is 29.3 Å². The molecule has 122 valence electrons. The lowest BCUT2D eigenvalue weighted by Gasteiger charge is -2.29. The van der Waals surface area contributed by atoms with Gasteiger partial charge in [0.15, 0.2) is 6.29 Å². The number of nitrogens with one attached hydrogen (secondary N) is 1. The molecule has 1 saturated carbocycles. The second-order valence-electron chi connectivity index (χ2n) is 6.66. The summed E-state index contributed by atoms with van der Waals surface area (Å²) >= 11 is 0. The van der Waals surface area contributed by atoms with Gasteiger partial charge >= 0.3 is 0 Å². The van der Waals surface area contributed by atoms with Crippen LogP contribution in [0.5, 0.6) is 0 Å². The van der Waals surface area contributed by atoms with Crippen LogP contribution in [0, 0.1) is 12.8 Å². The molecule has 1 heterocycles. The number of hydrogen-bond donors (Lipinski definition) is 1. The molecular weight excluding hydrogens is 288 g/mol. The lowest BCUT2D eigenvalue weighted by molar-refractivity contribution is -0.122. The summed E-state index contributed by atoms with van der Waals surface area (Å²) in [5, 5.41) is 4.10. The molecule has 0 aliphatic heterocycles. The molecule has 0 radical (unpaired) electrons. The van der Waals surface area contributed by atoms with E-state index in [-0.39, 0.29) is 18.5 Å². The Labute approximate surface area is 136 Å². The van der Waals surface area contributed by atoms with Gasteiger partial charge in [-0.2, -0.15) is 0 Å². The van der Waals surface area contributed by atoms with E-state index in [9.17, 15) is 9.59 Å². The Morgan fingerprint density at radius 3 is 2.78 bits per heavy atom. The van der Waals surface area contributed by atoms with Crippen molar-refractivity contribution in [3.8, 4) is 0 Å². The SMILES string of the molecule is Cc1c(C=O)c2ccccc2n1CC(=O)N[C@@H]1CCCC[C@H]1C. The van der Waals surface area contributed by atoms with Gasteiger partial charge in [0.2, 0.25) is 5.91 Å². The number of carbonyl (C=O) groups is 2. The summed E-state index contributed by atoms with van der Waals surface area (Å²) in [6.45, 7) is 4.38. The number of nitrogens with zero attached hydrogens (tertiary/aromatic N) is 1. The average molecular weight is 312 g/mol. The maximum Gasteiger partial charge on any atom is 0.240 e. The minimum atomic E-state index is 0.0325. The summed E-state index contributed by atoms with van der Waals surface area (Å²) in [4.78, 5) is 23.9. The first-order chi connectivity index (χ1) is 11.1. The molecule has 0 spiro atoms. The van der Waals surface area contributed by atoms with Crippen LogP contribution in [0.4, 0.5) is 0 Å². The smallest absolute Gasteiger partial charge is 0.240 e. The molecule has 2 aromatic rings. The topological polar surface area (TPSA) is 51.1 Å². The van der Waals surface area contributed by atoms with Crippen molar-refractivity contribution in [3.05, 3.63) is 35.5 Å². The second kappa shape index (κ2) is 6.57. The molecule has 2 atom stereocenters. The number of aldehydes is 1. The van der Waals surface area contributed by atoms with Crippen LogP contribution >= 0.6 is 0 Å². The first kappa shape index (κ1) is 15.8. The Morgan fingerprint density at radius 1 is 1.30 bits per heavy atom. The molecule has 1 amide bonds. The van der Waals surface area contributed by atoms with Crippen molar-refractivity contribution in [1.29, 1.82) is 0 Å². The van der Waals surface area contributed by atoms with Gasteiger partial charge in [-0.1, -0.05) is 38.0 Å². The van der Waals surface area contributed by atoms with E-state index in [1.807, 2.05) is 35.8 Å². The lowest BCUT2D eigenvalue weighted by atomic mass is 9.86. The highest BCUT2D eigenvalue weighted by Crippen LogP contribution is 2.25. The zero-order valence-electron chi connectivity index (χ0n) is 13.8. The fraction of sp³-hybridized carbons (Fsp3) is 0.474. The van der Waals surface area contributed by atoms with Crippen LogP contribution in [0.25, 0.3) is 10.9 Å². The number of amides is 1. The van der Waals surface area contributed by atoms with E-state index < -0.39 is 0 Å². The largest absolute Gasteiger partial charge is 0.352 e. The van der Waals surface area contributed by atoms with Crippen LogP contribution in [0.1, 0.15) is 48.7 Å². The number of carbonyl (C=O) groups excluding carboxylic acids is 2. The predicted octanol–water partition coefficient (Wildman–Crippen LogP) is 3.46. The third-order valence-electron chi connectivity index (χ3n) is 5.16. The molecule has 1 fully saturated rings. The van der Waals surface area contributed by atoms with Crippen LogP contribution in [-0.4, -0.2) is 22.8 Å². The third-order valence-corrected chi connectivity index (χ3v) is 5.16. The van der Waals surface area contributed by atoms with E-state index in [4.69, 9.17) is 0 Å². The molecule has 3 rings (SSSR count). The molecular formula is C19H24N2O2. The Kier molecular flexibility index (Phi) is 4.51. The molecule has 0 bridgehead atoms. The van der Waals surface area contributed by atoms with Crippen LogP contribution in [0.3, 0.4) is 0 Å². The Hall–Kier alpha value is -2.10. The van der Waals surface area contributed by atoms with Crippen LogP contribution in [0.15, 0.2) is 24.3 Å². The van der Waals surface area contributed by atoms with Crippen molar-refractivity contribution in [2.45, 2.75) is 52.1 Å². The third kappa shape index (κ3) is 3.03. The highest BCUT2D eigenvalue weighted by molar-refractivity contribution is 5.99. The second-order valence-corrected chi connectivity index (χ2v) is 6.66. The van der Waals surface area contributed by atoms with E-state index >= 15 is 0 Å². The number of fused-ring (bicyclic) bond motifs is 1. The van der Waals surface area contributed by atoms with Gasteiger partial charge in [0.05, 0.1) is 0 Å². The van der Waals surface area contributed by atoms with Crippen molar-refractivity contribution >= 4 is 23.1 Å². The molecule has 4 nitrogen and oxygen atoms in total. The number of hydrogen-bond acceptors (Lipinski definition) is 2. The monoisotopic (exact) mass is 312 g/mol. The molecule has 1 aliphatic rings. The van der Waals surface area contributed by atoms with Gasteiger partial charge < -0.3 is 9.88 Å². The summed E-state index contributed by atoms with van der Waals surface area (Å²) in [7, 11) is 0. The molecule has 1 N–H and O–H groups in total. The molecule has 1 aromatic heterocycles. The predicted molar refractivity (Wildman–Crippen MR) is 91.6 cm³/mol. The van der Waals surface area contributed by atoms with Crippen LogP contribution in [0.2, 0.25) is 0 Å². The summed E-state index contributed by atoms with van der Waals surface area (Å²) in [5.74, 6) is 0.575. The zero-order chi connectivity index (χ0) is 16.4. The van der Waals surface area contributed by atoms with Gasteiger partial charge in [-0.05, 0) is 31.7 Å². The molecule has 0 saturated heterocycles. The van der Waals surface area contributed by atoms with Crippen molar-refractivity contribution in [3.63, 3.8) is 0 Å². The van der Waals surface area contributed by atoms with E-state index in [1.165, 1.54) is 19.3 Å². The van der Waals surface area contributed by atoms with Gasteiger partial charge in [0.25, 0.3) is 0 Å². The Morgan fingerprint density at radius 2 is 2.04 bits per heavy atom. The summed E-state index contributed by atoms with van der Waals surface area (Å²) < 4.78 is 1.95. The zero-order valence-corrected chi connectivity index (χ0v) is 13.8. The molecule has 23 heavy (non-hydrogen) atoms. The van der Waals surface area contributed by atoms with E-state index in [0.29, 0.717) is 11.5 Å². The minimum absolute atomic E-state index is 0.0325. The minimum Gasteiger partial charge on any atom is -0.352 e. The maximum atomic E-state index is 12.5. The number of benzene rings is 1. The fourth-order valence-corrected chi connectivity index (χ4v) is 3.74. The average Bonchev–Trinajstić information content (AvgIpc) is 2.81. The first-order valence-electron chi connectivity index (χ1n) is 8.44. The Bertz CT molecular complexity index is 732.